The monoisotopic (exact) mass is 522 g/mol. The van der Waals surface area contributed by atoms with Crippen LogP contribution in [0.1, 0.15) is 26.7 Å². The molecule has 4 heterocycles. The fraction of sp³-hybridized carbons (Fsp3) is 0.308. The standard InChI is InChI=1S/C26H24F2N6O2S/c1-16-30-22-10-17(2-5-24(22)34(16)18-3-4-20(27)21(28)11-18)25(35)33-12-19(13-33)31-6-8-32(9-7-31)26(36)23-14-37-15-29-23/h2-5,10-11,14-15,19H,6-9,12-13H2,1H3. The molecule has 190 valence electrons. The molecule has 2 aromatic carbocycles. The smallest absolute Gasteiger partial charge is 0.273 e. The predicted molar refractivity (Wildman–Crippen MR) is 135 cm³/mol. The van der Waals surface area contributed by atoms with Gasteiger partial charge < -0.3 is 9.80 Å². The van der Waals surface area contributed by atoms with Crippen molar-refractivity contribution in [3.05, 3.63) is 76.0 Å². The van der Waals surface area contributed by atoms with E-state index in [1.54, 1.807) is 40.6 Å². The number of rotatable bonds is 4. The van der Waals surface area contributed by atoms with Gasteiger partial charge in [-0.25, -0.2) is 18.7 Å². The number of piperazine rings is 1. The van der Waals surface area contributed by atoms with Gasteiger partial charge in [-0.15, -0.1) is 11.3 Å². The Balaban J connectivity index is 1.09. The lowest BCUT2D eigenvalue weighted by Gasteiger charge is -2.48. The summed E-state index contributed by atoms with van der Waals surface area (Å²) in [6.45, 7) is 5.91. The second kappa shape index (κ2) is 9.31. The van der Waals surface area contributed by atoms with Gasteiger partial charge in [-0.1, -0.05) is 0 Å². The number of carbonyl (C=O) groups is 2. The predicted octanol–water partition coefficient (Wildman–Crippen LogP) is 3.35. The van der Waals surface area contributed by atoms with Gasteiger partial charge in [0.2, 0.25) is 0 Å². The molecule has 2 aliphatic rings. The van der Waals surface area contributed by atoms with Crippen molar-refractivity contribution in [1.29, 1.82) is 0 Å². The molecule has 2 fully saturated rings. The van der Waals surface area contributed by atoms with Gasteiger partial charge in [-0.2, -0.15) is 0 Å². The molecule has 0 saturated carbocycles. The van der Waals surface area contributed by atoms with Crippen LogP contribution >= 0.6 is 11.3 Å². The van der Waals surface area contributed by atoms with E-state index >= 15 is 0 Å². The van der Waals surface area contributed by atoms with Gasteiger partial charge in [-0.05, 0) is 37.3 Å². The number of imidazole rings is 1. The topological polar surface area (TPSA) is 74.6 Å². The lowest BCUT2D eigenvalue weighted by molar-refractivity contribution is 0.00844. The van der Waals surface area contributed by atoms with Crippen molar-refractivity contribution in [3.8, 4) is 5.69 Å². The first-order valence-corrected chi connectivity index (χ1v) is 13.0. The molecule has 4 aromatic rings. The molecule has 8 nitrogen and oxygen atoms in total. The Hall–Kier alpha value is -3.70. The molecule has 2 aliphatic heterocycles. The number of aryl methyl sites for hydroxylation is 1. The molecular formula is C26H24F2N6O2S. The number of fused-ring (bicyclic) bond motifs is 1. The maximum atomic E-state index is 13.8. The van der Waals surface area contributed by atoms with Crippen LogP contribution in [0.4, 0.5) is 8.78 Å². The SMILES string of the molecule is Cc1nc2cc(C(=O)N3CC(N4CCN(C(=O)c5cscn5)CC4)C3)ccc2n1-c1ccc(F)c(F)c1. The zero-order chi connectivity index (χ0) is 25.7. The largest absolute Gasteiger partial charge is 0.335 e. The van der Waals surface area contributed by atoms with E-state index in [0.717, 1.165) is 25.2 Å². The third-order valence-electron chi connectivity index (χ3n) is 7.15. The van der Waals surface area contributed by atoms with Crippen LogP contribution in [-0.4, -0.2) is 86.4 Å². The van der Waals surface area contributed by atoms with Gasteiger partial charge in [0.15, 0.2) is 11.6 Å². The third-order valence-corrected chi connectivity index (χ3v) is 7.74. The van der Waals surface area contributed by atoms with Crippen LogP contribution in [-0.2, 0) is 0 Å². The maximum absolute atomic E-state index is 13.8. The number of amides is 2. The molecule has 0 atom stereocenters. The van der Waals surface area contributed by atoms with Gasteiger partial charge >= 0.3 is 0 Å². The van der Waals surface area contributed by atoms with Crippen molar-refractivity contribution in [3.63, 3.8) is 0 Å². The summed E-state index contributed by atoms with van der Waals surface area (Å²) in [4.78, 5) is 40.3. The van der Waals surface area contributed by atoms with Crippen molar-refractivity contribution in [2.75, 3.05) is 39.3 Å². The Morgan fingerprint density at radius 1 is 0.946 bits per heavy atom. The zero-order valence-corrected chi connectivity index (χ0v) is 20.9. The molecule has 37 heavy (non-hydrogen) atoms. The maximum Gasteiger partial charge on any atom is 0.273 e. The molecule has 0 radical (unpaired) electrons. The molecule has 2 saturated heterocycles. The van der Waals surface area contributed by atoms with Crippen molar-refractivity contribution < 1.29 is 18.4 Å². The summed E-state index contributed by atoms with van der Waals surface area (Å²) in [5.74, 6) is -1.30. The fourth-order valence-electron chi connectivity index (χ4n) is 5.09. The van der Waals surface area contributed by atoms with E-state index in [4.69, 9.17) is 0 Å². The molecule has 0 spiro atoms. The number of likely N-dealkylation sites (tertiary alicyclic amines) is 1. The van der Waals surface area contributed by atoms with Crippen LogP contribution in [0.5, 0.6) is 0 Å². The van der Waals surface area contributed by atoms with E-state index < -0.39 is 11.6 Å². The Labute approximate surface area is 215 Å². The summed E-state index contributed by atoms with van der Waals surface area (Å²) in [5, 5.41) is 1.77. The number of carbonyl (C=O) groups excluding carboxylic acids is 2. The van der Waals surface area contributed by atoms with E-state index in [2.05, 4.69) is 14.9 Å². The molecule has 0 unspecified atom stereocenters. The second-order valence-corrected chi connectivity index (χ2v) is 10.1. The lowest BCUT2D eigenvalue weighted by Crippen LogP contribution is -2.64. The zero-order valence-electron chi connectivity index (χ0n) is 20.1. The Bertz CT molecular complexity index is 1490. The number of nitrogens with zero attached hydrogens (tertiary/aromatic N) is 6. The minimum absolute atomic E-state index is 0.0241. The summed E-state index contributed by atoms with van der Waals surface area (Å²) < 4.78 is 28.9. The normalized spacial score (nSPS) is 16.8. The van der Waals surface area contributed by atoms with Crippen LogP contribution in [0.15, 0.2) is 47.3 Å². The molecular weight excluding hydrogens is 498 g/mol. The van der Waals surface area contributed by atoms with Gasteiger partial charge in [0.05, 0.1) is 22.2 Å². The molecule has 0 bridgehead atoms. The van der Waals surface area contributed by atoms with E-state index in [-0.39, 0.29) is 17.9 Å². The summed E-state index contributed by atoms with van der Waals surface area (Å²) in [7, 11) is 0. The van der Waals surface area contributed by atoms with Gasteiger partial charge in [0.25, 0.3) is 11.8 Å². The first-order chi connectivity index (χ1) is 17.9. The summed E-state index contributed by atoms with van der Waals surface area (Å²) in [5.41, 5.74) is 4.51. The number of benzene rings is 2. The highest BCUT2D eigenvalue weighted by molar-refractivity contribution is 7.07. The molecule has 2 aromatic heterocycles. The highest BCUT2D eigenvalue weighted by Gasteiger charge is 2.37. The fourth-order valence-corrected chi connectivity index (χ4v) is 5.61. The first-order valence-electron chi connectivity index (χ1n) is 12.0. The minimum atomic E-state index is -0.926. The summed E-state index contributed by atoms with van der Waals surface area (Å²) in [6, 6.07) is 9.29. The summed E-state index contributed by atoms with van der Waals surface area (Å²) >= 11 is 1.42. The van der Waals surface area contributed by atoms with E-state index in [1.807, 2.05) is 9.80 Å². The van der Waals surface area contributed by atoms with Crippen molar-refractivity contribution in [1.82, 2.24) is 29.2 Å². The average Bonchev–Trinajstić information content (AvgIpc) is 3.52. The molecule has 0 N–H and O–H groups in total. The number of halogens is 2. The third kappa shape index (κ3) is 4.27. The van der Waals surface area contributed by atoms with Crippen LogP contribution in [0.2, 0.25) is 0 Å². The lowest BCUT2D eigenvalue weighted by atomic mass is 10.0. The van der Waals surface area contributed by atoms with Crippen LogP contribution in [0.25, 0.3) is 16.7 Å². The number of aromatic nitrogens is 3. The number of hydrogen-bond acceptors (Lipinski definition) is 6. The Morgan fingerprint density at radius 2 is 1.73 bits per heavy atom. The highest BCUT2D eigenvalue weighted by atomic mass is 32.1. The van der Waals surface area contributed by atoms with Crippen LogP contribution in [0.3, 0.4) is 0 Å². The molecule has 2 amide bonds. The van der Waals surface area contributed by atoms with E-state index in [9.17, 15) is 18.4 Å². The van der Waals surface area contributed by atoms with Gasteiger partial charge in [-0.3, -0.25) is 19.1 Å². The van der Waals surface area contributed by atoms with Gasteiger partial charge in [0.1, 0.15) is 11.5 Å². The average molecular weight is 523 g/mol. The summed E-state index contributed by atoms with van der Waals surface area (Å²) in [6.07, 6.45) is 0. The van der Waals surface area contributed by atoms with Crippen molar-refractivity contribution >= 4 is 34.2 Å². The number of hydrogen-bond donors (Lipinski definition) is 0. The van der Waals surface area contributed by atoms with Crippen LogP contribution in [0, 0.1) is 18.6 Å². The van der Waals surface area contributed by atoms with E-state index in [0.29, 0.717) is 60.0 Å². The second-order valence-electron chi connectivity index (χ2n) is 9.36. The molecule has 11 heteroatoms. The van der Waals surface area contributed by atoms with Gasteiger partial charge in [0, 0.05) is 62.3 Å². The first kappa shape index (κ1) is 23.7. The van der Waals surface area contributed by atoms with Crippen molar-refractivity contribution in [2.45, 2.75) is 13.0 Å². The highest BCUT2D eigenvalue weighted by Crippen LogP contribution is 2.26. The quantitative estimate of drug-likeness (QED) is 0.411. The number of thiazole rings is 1. The van der Waals surface area contributed by atoms with Crippen molar-refractivity contribution in [2.24, 2.45) is 0 Å². The molecule has 0 aliphatic carbocycles. The van der Waals surface area contributed by atoms with E-state index in [1.165, 1.54) is 17.4 Å². The minimum Gasteiger partial charge on any atom is -0.335 e. The Kier molecular flexibility index (Phi) is 5.96. The Morgan fingerprint density at radius 3 is 2.43 bits per heavy atom. The molecule has 6 rings (SSSR count). The van der Waals surface area contributed by atoms with Crippen LogP contribution < -0.4 is 0 Å².